The normalized spacial score (nSPS) is 15.1. The predicted molar refractivity (Wildman–Crippen MR) is 148 cm³/mol. The van der Waals surface area contributed by atoms with Crippen molar-refractivity contribution in [2.45, 2.75) is 25.8 Å². The Labute approximate surface area is 230 Å². The Balaban J connectivity index is 1.51. The molecule has 0 aliphatic carbocycles. The van der Waals surface area contributed by atoms with Gasteiger partial charge in [-0.05, 0) is 91.8 Å². The Bertz CT molecular complexity index is 1330. The molecule has 0 aromatic heterocycles. The van der Waals surface area contributed by atoms with Gasteiger partial charge in [-0.3, -0.25) is 14.5 Å². The zero-order valence-corrected chi connectivity index (χ0v) is 22.1. The van der Waals surface area contributed by atoms with E-state index in [1.807, 2.05) is 0 Å². The molecule has 38 heavy (non-hydrogen) atoms. The van der Waals surface area contributed by atoms with Gasteiger partial charge >= 0.3 is 5.97 Å². The van der Waals surface area contributed by atoms with Crippen LogP contribution in [0.3, 0.4) is 0 Å². The molecule has 4 rings (SSSR count). The van der Waals surface area contributed by atoms with Gasteiger partial charge in [-0.1, -0.05) is 23.7 Å². The van der Waals surface area contributed by atoms with Crippen molar-refractivity contribution in [3.05, 3.63) is 94.8 Å². The lowest BCUT2D eigenvalue weighted by atomic mass is 10.1. The highest BCUT2D eigenvalue weighted by molar-refractivity contribution is 7.80. The number of anilines is 2. The van der Waals surface area contributed by atoms with Crippen LogP contribution in [0.25, 0.3) is 0 Å². The molecule has 0 spiro atoms. The molecule has 0 unspecified atom stereocenters. The monoisotopic (exact) mass is 553 g/mol. The van der Waals surface area contributed by atoms with Gasteiger partial charge in [-0.2, -0.15) is 0 Å². The van der Waals surface area contributed by atoms with Gasteiger partial charge < -0.3 is 15.0 Å². The van der Waals surface area contributed by atoms with E-state index in [1.165, 1.54) is 17.0 Å². The number of benzene rings is 3. The van der Waals surface area contributed by atoms with Gasteiger partial charge in [0.1, 0.15) is 11.9 Å². The van der Waals surface area contributed by atoms with E-state index in [9.17, 15) is 18.8 Å². The quantitative estimate of drug-likeness (QED) is 0.289. The van der Waals surface area contributed by atoms with Crippen molar-refractivity contribution >= 4 is 58.1 Å². The molecule has 0 radical (unpaired) electrons. The van der Waals surface area contributed by atoms with Gasteiger partial charge in [0.25, 0.3) is 5.91 Å². The number of amides is 2. The number of carbonyl (C=O) groups is 3. The highest BCUT2D eigenvalue weighted by Gasteiger charge is 2.43. The Hall–Kier alpha value is -3.82. The number of nitrogens with one attached hydrogen (secondary N) is 1. The van der Waals surface area contributed by atoms with Gasteiger partial charge in [0.15, 0.2) is 5.11 Å². The summed E-state index contributed by atoms with van der Waals surface area (Å²) in [5, 5.41) is 3.57. The second-order valence-electron chi connectivity index (χ2n) is 8.57. The maximum Gasteiger partial charge on any atom is 0.338 e. The molecule has 1 saturated heterocycles. The fraction of sp³-hybridized carbons (Fsp3) is 0.214. The highest BCUT2D eigenvalue weighted by atomic mass is 35.5. The molecule has 196 valence electrons. The van der Waals surface area contributed by atoms with Gasteiger partial charge in [0.05, 0.1) is 24.3 Å². The van der Waals surface area contributed by atoms with Gasteiger partial charge in [0.2, 0.25) is 5.91 Å². The van der Waals surface area contributed by atoms with E-state index < -0.39 is 12.0 Å². The minimum atomic E-state index is -0.836. The average Bonchev–Trinajstić information content (AvgIpc) is 3.13. The minimum Gasteiger partial charge on any atom is -0.462 e. The molecule has 1 aliphatic rings. The smallest absolute Gasteiger partial charge is 0.338 e. The van der Waals surface area contributed by atoms with Crippen molar-refractivity contribution in [2.24, 2.45) is 0 Å². The summed E-state index contributed by atoms with van der Waals surface area (Å²) in [6, 6.07) is 18.3. The summed E-state index contributed by atoms with van der Waals surface area (Å²) in [5.41, 5.74) is 2.26. The lowest BCUT2D eigenvalue weighted by Crippen LogP contribution is -2.39. The van der Waals surface area contributed by atoms with Crippen LogP contribution in [0.15, 0.2) is 72.8 Å². The number of esters is 1. The third-order valence-electron chi connectivity index (χ3n) is 6.02. The molecular weight excluding hydrogens is 529 g/mol. The molecule has 2 amide bonds. The standard InChI is InChI=1S/C28H25ClFN3O4S/c1-2-37-27(36)19-5-11-22(12-6-19)31-25(34)17-24-26(35)33(23-13-7-20(29)8-14-23)28(38)32(24)16-15-18-3-9-21(30)10-4-18/h3-14,24H,2,15-17H2,1H3,(H,31,34)/t24-/m1/s1. The van der Waals surface area contributed by atoms with E-state index in [0.29, 0.717) is 34.9 Å². The maximum absolute atomic E-state index is 13.5. The van der Waals surface area contributed by atoms with Crippen LogP contribution in [0, 0.1) is 5.82 Å². The largest absolute Gasteiger partial charge is 0.462 e. The SMILES string of the molecule is CCOC(=O)c1ccc(NC(=O)C[C@@H]2C(=O)N(c3ccc(Cl)cc3)C(=S)N2CCc2ccc(F)cc2)cc1. The molecule has 3 aromatic carbocycles. The molecule has 1 fully saturated rings. The average molecular weight is 554 g/mol. The van der Waals surface area contributed by atoms with Crippen LogP contribution in [0.4, 0.5) is 15.8 Å². The van der Waals surface area contributed by atoms with Crippen molar-refractivity contribution < 1.29 is 23.5 Å². The first kappa shape index (κ1) is 27.2. The summed E-state index contributed by atoms with van der Waals surface area (Å²) < 4.78 is 18.3. The number of carbonyl (C=O) groups excluding carboxylic acids is 3. The van der Waals surface area contributed by atoms with Crippen molar-refractivity contribution in [1.82, 2.24) is 4.90 Å². The van der Waals surface area contributed by atoms with Gasteiger partial charge in [0, 0.05) is 17.3 Å². The number of hydrogen-bond donors (Lipinski definition) is 1. The van der Waals surface area contributed by atoms with E-state index in [2.05, 4.69) is 5.32 Å². The van der Waals surface area contributed by atoms with Crippen molar-refractivity contribution in [2.75, 3.05) is 23.4 Å². The van der Waals surface area contributed by atoms with Crippen LogP contribution in [0.5, 0.6) is 0 Å². The Kier molecular flexibility index (Phi) is 8.70. The molecule has 3 aromatic rings. The lowest BCUT2D eigenvalue weighted by Gasteiger charge is -2.24. The van der Waals surface area contributed by atoms with Crippen molar-refractivity contribution in [3.63, 3.8) is 0 Å². The third kappa shape index (κ3) is 6.35. The number of hydrogen-bond acceptors (Lipinski definition) is 5. The molecule has 0 bridgehead atoms. The fourth-order valence-corrected chi connectivity index (χ4v) is 4.65. The topological polar surface area (TPSA) is 78.9 Å². The summed E-state index contributed by atoms with van der Waals surface area (Å²) in [4.78, 5) is 41.5. The molecule has 1 heterocycles. The minimum absolute atomic E-state index is 0.147. The summed E-state index contributed by atoms with van der Waals surface area (Å²) in [6.07, 6.45) is 0.349. The number of thiocarbonyl (C=S) groups is 1. The highest BCUT2D eigenvalue weighted by Crippen LogP contribution is 2.29. The first-order valence-corrected chi connectivity index (χ1v) is 12.8. The maximum atomic E-state index is 13.5. The Morgan fingerprint density at radius 1 is 1.03 bits per heavy atom. The van der Waals surface area contributed by atoms with Crippen LogP contribution in [0.2, 0.25) is 5.02 Å². The molecule has 1 atom stereocenters. The van der Waals surface area contributed by atoms with Crippen LogP contribution in [0.1, 0.15) is 29.3 Å². The third-order valence-corrected chi connectivity index (χ3v) is 6.69. The Morgan fingerprint density at radius 3 is 2.32 bits per heavy atom. The second-order valence-corrected chi connectivity index (χ2v) is 9.37. The number of ether oxygens (including phenoxy) is 1. The zero-order valence-electron chi connectivity index (χ0n) is 20.5. The van der Waals surface area contributed by atoms with Crippen LogP contribution in [-0.4, -0.2) is 47.0 Å². The molecule has 1 aliphatic heterocycles. The number of nitrogens with zero attached hydrogens (tertiary/aromatic N) is 2. The number of rotatable bonds is 9. The van der Waals surface area contributed by atoms with E-state index in [1.54, 1.807) is 72.5 Å². The second kappa shape index (κ2) is 12.1. The van der Waals surface area contributed by atoms with E-state index in [-0.39, 0.29) is 35.8 Å². The van der Waals surface area contributed by atoms with Gasteiger partial charge in [-0.15, -0.1) is 0 Å². The summed E-state index contributed by atoms with van der Waals surface area (Å²) in [5.74, 6) is -1.50. The number of halogens is 2. The fourth-order valence-electron chi connectivity index (χ4n) is 4.11. The molecule has 0 saturated carbocycles. The lowest BCUT2D eigenvalue weighted by molar-refractivity contribution is -0.124. The van der Waals surface area contributed by atoms with E-state index in [4.69, 9.17) is 28.6 Å². The van der Waals surface area contributed by atoms with Crippen LogP contribution >= 0.6 is 23.8 Å². The van der Waals surface area contributed by atoms with Gasteiger partial charge in [-0.25, -0.2) is 9.18 Å². The van der Waals surface area contributed by atoms with E-state index in [0.717, 1.165) is 5.56 Å². The summed E-state index contributed by atoms with van der Waals surface area (Å²) in [6.45, 7) is 2.34. The Morgan fingerprint density at radius 2 is 1.68 bits per heavy atom. The van der Waals surface area contributed by atoms with Crippen LogP contribution in [-0.2, 0) is 20.7 Å². The first-order valence-electron chi connectivity index (χ1n) is 12.0. The molecular formula is C28H25ClFN3O4S. The molecule has 7 nitrogen and oxygen atoms in total. The summed E-state index contributed by atoms with van der Waals surface area (Å²) in [7, 11) is 0. The van der Waals surface area contributed by atoms with Crippen molar-refractivity contribution in [3.8, 4) is 0 Å². The first-order chi connectivity index (χ1) is 18.3. The van der Waals surface area contributed by atoms with E-state index >= 15 is 0 Å². The van der Waals surface area contributed by atoms with Crippen LogP contribution < -0.4 is 10.2 Å². The molecule has 10 heteroatoms. The predicted octanol–water partition coefficient (Wildman–Crippen LogP) is 5.23. The molecule has 1 N–H and O–H groups in total. The zero-order chi connectivity index (χ0) is 27.2. The summed E-state index contributed by atoms with van der Waals surface area (Å²) >= 11 is 11.7. The van der Waals surface area contributed by atoms with Crippen molar-refractivity contribution in [1.29, 1.82) is 0 Å².